The zero-order valence-electron chi connectivity index (χ0n) is 7.51. The van der Waals surface area contributed by atoms with Crippen LogP contribution in [0, 0.1) is 5.41 Å². The van der Waals surface area contributed by atoms with E-state index in [1.807, 2.05) is 0 Å². The fourth-order valence-electron chi connectivity index (χ4n) is 0.660. The molecule has 0 saturated carbocycles. The molecule has 1 aliphatic rings. The third kappa shape index (κ3) is 1.94. The Kier molecular flexibility index (Phi) is 2.04. The van der Waals surface area contributed by atoms with Gasteiger partial charge in [-0.3, -0.25) is 9.59 Å². The van der Waals surface area contributed by atoms with Crippen LogP contribution in [0.1, 0.15) is 27.2 Å². The molecule has 0 atom stereocenters. The summed E-state index contributed by atoms with van der Waals surface area (Å²) in [6.45, 7) is 5.32. The Hall–Kier alpha value is -1.12. The molecule has 0 unspecified atom stereocenters. The van der Waals surface area contributed by atoms with Gasteiger partial charge in [-0.15, -0.1) is 0 Å². The van der Waals surface area contributed by atoms with Gasteiger partial charge in [0.2, 0.25) is 0 Å². The first-order chi connectivity index (χ1) is 5.39. The van der Waals surface area contributed by atoms with Crippen LogP contribution >= 0.6 is 0 Å². The van der Waals surface area contributed by atoms with Crippen LogP contribution in [0.4, 0.5) is 0 Å². The molecule has 0 bridgehead atoms. The molecule has 0 N–H and O–H groups in total. The lowest BCUT2D eigenvalue weighted by atomic mass is 9.97. The Morgan fingerprint density at radius 3 is 2.33 bits per heavy atom. The predicted octanol–water partition coefficient (Wildman–Crippen LogP) is 1.43. The highest BCUT2D eigenvalue weighted by atomic mass is 16.5. The highest BCUT2D eigenvalue weighted by Gasteiger charge is 2.27. The van der Waals surface area contributed by atoms with Crippen molar-refractivity contribution >= 4 is 11.8 Å². The minimum Gasteiger partial charge on any atom is -0.430 e. The van der Waals surface area contributed by atoms with Gasteiger partial charge < -0.3 is 4.74 Å². The van der Waals surface area contributed by atoms with Crippen LogP contribution in [0.2, 0.25) is 0 Å². The average molecular weight is 168 g/mol. The average Bonchev–Trinajstić information content (AvgIpc) is 1.82. The molecule has 3 nitrogen and oxygen atoms in total. The molecule has 0 aliphatic heterocycles. The second-order valence-corrected chi connectivity index (χ2v) is 3.89. The highest BCUT2D eigenvalue weighted by Crippen LogP contribution is 2.22. The van der Waals surface area contributed by atoms with Crippen LogP contribution in [-0.2, 0) is 14.3 Å². The Balaban J connectivity index is 2.49. The Labute approximate surface area is 71.4 Å². The molecular weight excluding hydrogens is 156 g/mol. The molecule has 1 rings (SSSR count). The Morgan fingerprint density at radius 2 is 2.00 bits per heavy atom. The summed E-state index contributed by atoms with van der Waals surface area (Å²) in [7, 11) is 0. The molecule has 0 aromatic rings. The summed E-state index contributed by atoms with van der Waals surface area (Å²) in [6.07, 6.45) is 1.62. The van der Waals surface area contributed by atoms with Gasteiger partial charge in [-0.2, -0.15) is 0 Å². The smallest absolute Gasteiger partial charge is 0.316 e. The van der Waals surface area contributed by atoms with Gasteiger partial charge >= 0.3 is 5.97 Å². The number of ketones is 1. The van der Waals surface area contributed by atoms with E-state index >= 15 is 0 Å². The van der Waals surface area contributed by atoms with E-state index in [2.05, 4.69) is 0 Å². The van der Waals surface area contributed by atoms with Crippen LogP contribution in [0.25, 0.3) is 0 Å². The number of esters is 1. The summed E-state index contributed by atoms with van der Waals surface area (Å²) >= 11 is 0. The second kappa shape index (κ2) is 2.73. The molecule has 0 radical (unpaired) electrons. The fraction of sp³-hybridized carbons (Fsp3) is 0.556. The van der Waals surface area contributed by atoms with Gasteiger partial charge in [0, 0.05) is 6.08 Å². The number of hydrogen-bond donors (Lipinski definition) is 0. The molecule has 66 valence electrons. The summed E-state index contributed by atoms with van der Waals surface area (Å²) in [5, 5.41) is 0. The molecule has 0 saturated heterocycles. The topological polar surface area (TPSA) is 43.4 Å². The SMILES string of the molecule is CC(C)(C)C(=O)OC1=CC(=O)C1. The number of allylic oxidation sites excluding steroid dienone is 2. The molecule has 0 spiro atoms. The summed E-state index contributed by atoms with van der Waals surface area (Å²) in [4.78, 5) is 21.7. The van der Waals surface area contributed by atoms with E-state index in [4.69, 9.17) is 4.74 Å². The molecule has 0 aromatic carbocycles. The highest BCUT2D eigenvalue weighted by molar-refractivity contribution is 5.99. The molecule has 0 fully saturated rings. The zero-order chi connectivity index (χ0) is 9.35. The van der Waals surface area contributed by atoms with Crippen molar-refractivity contribution in [2.24, 2.45) is 5.41 Å². The first-order valence-electron chi connectivity index (χ1n) is 3.85. The Bertz CT molecular complexity index is 255. The maximum absolute atomic E-state index is 11.2. The molecule has 12 heavy (non-hydrogen) atoms. The van der Waals surface area contributed by atoms with Crippen molar-refractivity contribution in [2.45, 2.75) is 27.2 Å². The lowest BCUT2D eigenvalue weighted by Crippen LogP contribution is -2.25. The van der Waals surface area contributed by atoms with Gasteiger partial charge in [0.15, 0.2) is 5.78 Å². The van der Waals surface area contributed by atoms with Gasteiger partial charge in [0.1, 0.15) is 5.76 Å². The molecule has 1 aliphatic carbocycles. The standard InChI is InChI=1S/C9H12O3/c1-9(2,3)8(11)12-7-4-6(10)5-7/h4H,5H2,1-3H3. The fourth-order valence-corrected chi connectivity index (χ4v) is 0.660. The number of carbonyl (C=O) groups is 2. The minimum atomic E-state index is -0.501. The van der Waals surface area contributed by atoms with Crippen molar-refractivity contribution in [1.29, 1.82) is 0 Å². The molecular formula is C9H12O3. The lowest BCUT2D eigenvalue weighted by molar-refractivity contribution is -0.149. The van der Waals surface area contributed by atoms with Gasteiger partial charge in [-0.25, -0.2) is 0 Å². The monoisotopic (exact) mass is 168 g/mol. The number of rotatable bonds is 1. The number of hydrogen-bond acceptors (Lipinski definition) is 3. The molecule has 0 amide bonds. The van der Waals surface area contributed by atoms with Gasteiger partial charge in [0.05, 0.1) is 11.8 Å². The van der Waals surface area contributed by atoms with Crippen LogP contribution in [-0.4, -0.2) is 11.8 Å². The van der Waals surface area contributed by atoms with Crippen LogP contribution < -0.4 is 0 Å². The lowest BCUT2D eigenvalue weighted by Gasteiger charge is -2.20. The van der Waals surface area contributed by atoms with E-state index in [1.54, 1.807) is 20.8 Å². The third-order valence-electron chi connectivity index (χ3n) is 1.51. The molecule has 0 heterocycles. The van der Waals surface area contributed by atoms with Gasteiger partial charge in [0.25, 0.3) is 0 Å². The van der Waals surface area contributed by atoms with E-state index in [0.29, 0.717) is 5.76 Å². The normalized spacial score (nSPS) is 16.6. The van der Waals surface area contributed by atoms with Crippen LogP contribution in [0.15, 0.2) is 11.8 Å². The van der Waals surface area contributed by atoms with E-state index in [-0.39, 0.29) is 18.2 Å². The van der Waals surface area contributed by atoms with Crippen molar-refractivity contribution in [3.63, 3.8) is 0 Å². The first kappa shape index (κ1) is 8.97. The van der Waals surface area contributed by atoms with E-state index < -0.39 is 5.41 Å². The predicted molar refractivity (Wildman–Crippen MR) is 43.3 cm³/mol. The molecule has 0 aromatic heterocycles. The summed E-state index contributed by atoms with van der Waals surface area (Å²) in [5.74, 6) is 0.216. The van der Waals surface area contributed by atoms with E-state index in [0.717, 1.165) is 0 Å². The summed E-state index contributed by atoms with van der Waals surface area (Å²) in [5.41, 5.74) is -0.501. The van der Waals surface area contributed by atoms with Crippen molar-refractivity contribution in [3.8, 4) is 0 Å². The minimum absolute atomic E-state index is 0.0201. The van der Waals surface area contributed by atoms with E-state index in [9.17, 15) is 9.59 Å². The number of ether oxygens (including phenoxy) is 1. The van der Waals surface area contributed by atoms with Crippen molar-refractivity contribution in [3.05, 3.63) is 11.8 Å². The van der Waals surface area contributed by atoms with Crippen LogP contribution in [0.3, 0.4) is 0 Å². The van der Waals surface area contributed by atoms with Gasteiger partial charge in [-0.05, 0) is 20.8 Å². The molecule has 3 heteroatoms. The van der Waals surface area contributed by atoms with E-state index in [1.165, 1.54) is 6.08 Å². The summed E-state index contributed by atoms with van der Waals surface area (Å²) in [6, 6.07) is 0. The van der Waals surface area contributed by atoms with Crippen LogP contribution in [0.5, 0.6) is 0 Å². The Morgan fingerprint density at radius 1 is 1.50 bits per heavy atom. The van der Waals surface area contributed by atoms with Gasteiger partial charge in [-0.1, -0.05) is 0 Å². The maximum atomic E-state index is 11.2. The quantitative estimate of drug-likeness (QED) is 0.556. The van der Waals surface area contributed by atoms with Crippen molar-refractivity contribution in [1.82, 2.24) is 0 Å². The first-order valence-corrected chi connectivity index (χ1v) is 3.85. The zero-order valence-corrected chi connectivity index (χ0v) is 7.51. The third-order valence-corrected chi connectivity index (χ3v) is 1.51. The maximum Gasteiger partial charge on any atom is 0.316 e. The van der Waals surface area contributed by atoms with Crippen molar-refractivity contribution in [2.75, 3.05) is 0 Å². The summed E-state index contributed by atoms with van der Waals surface area (Å²) < 4.78 is 4.92. The number of carbonyl (C=O) groups excluding carboxylic acids is 2. The van der Waals surface area contributed by atoms with Crippen molar-refractivity contribution < 1.29 is 14.3 Å². The largest absolute Gasteiger partial charge is 0.430 e. The second-order valence-electron chi connectivity index (χ2n) is 3.89.